The quantitative estimate of drug-likeness (QED) is 0.503. The molecule has 0 atom stereocenters. The minimum Gasteiger partial charge on any atom is -0.331 e. The summed E-state index contributed by atoms with van der Waals surface area (Å²) in [5.74, 6) is 0.338. The van der Waals surface area contributed by atoms with Gasteiger partial charge in [0.15, 0.2) is 5.82 Å². The molecule has 0 N–H and O–H groups in total. The lowest BCUT2D eigenvalue weighted by atomic mass is 10.7. The van der Waals surface area contributed by atoms with E-state index in [4.69, 9.17) is 0 Å². The topological polar surface area (TPSA) is 34.9 Å². The molecule has 0 spiro atoms. The Hall–Kier alpha value is -1.12. The Balaban J connectivity index is 3.09. The minimum atomic E-state index is 0.338. The molecule has 0 bridgehead atoms. The second-order valence-corrected chi connectivity index (χ2v) is 1.46. The van der Waals surface area contributed by atoms with Crippen LogP contribution in [-0.2, 0) is 11.8 Å². The lowest BCUT2D eigenvalue weighted by molar-refractivity contribution is 0.558. The summed E-state index contributed by atoms with van der Waals surface area (Å²) in [4.78, 5) is 13.6. The van der Waals surface area contributed by atoms with Crippen molar-refractivity contribution in [3.8, 4) is 0 Å². The first-order chi connectivity index (χ1) is 3.84. The number of hydrogen-bond donors (Lipinski definition) is 0. The van der Waals surface area contributed by atoms with Crippen LogP contribution in [0.3, 0.4) is 0 Å². The van der Waals surface area contributed by atoms with Gasteiger partial charge in [0, 0.05) is 19.4 Å². The number of rotatable bonds is 1. The Morgan fingerprint density at radius 3 is 2.88 bits per heavy atom. The predicted molar refractivity (Wildman–Crippen MR) is 28.0 cm³/mol. The van der Waals surface area contributed by atoms with Crippen LogP contribution in [0.15, 0.2) is 12.4 Å². The van der Waals surface area contributed by atoms with Crippen LogP contribution in [0.2, 0.25) is 0 Å². The van der Waals surface area contributed by atoms with Crippen LogP contribution in [0, 0.1) is 0 Å². The molecule has 0 aliphatic heterocycles. The van der Waals surface area contributed by atoms with E-state index in [1.807, 2.05) is 0 Å². The maximum atomic E-state index is 9.88. The molecule has 1 heterocycles. The number of hydrogen-bond acceptors (Lipinski definition) is 2. The van der Waals surface area contributed by atoms with Crippen molar-refractivity contribution in [1.82, 2.24) is 9.55 Å². The molecule has 3 nitrogen and oxygen atoms in total. The SMILES string of the molecule is Cn1ccnc1[C]=O. The monoisotopic (exact) mass is 109 g/mol. The second kappa shape index (κ2) is 1.78. The minimum absolute atomic E-state index is 0.338. The van der Waals surface area contributed by atoms with E-state index in [0.717, 1.165) is 0 Å². The third-order valence-electron chi connectivity index (χ3n) is 0.912. The van der Waals surface area contributed by atoms with Gasteiger partial charge < -0.3 is 4.57 Å². The standard InChI is InChI=1S/C5H5N2O/c1-7-3-2-6-5(7)4-8/h2-3H,1H3. The van der Waals surface area contributed by atoms with Crippen molar-refractivity contribution in [3.63, 3.8) is 0 Å². The Morgan fingerprint density at radius 1 is 1.88 bits per heavy atom. The number of carbonyl (C=O) groups excluding carboxylic acids is 1. The molecule has 3 heteroatoms. The molecule has 0 saturated carbocycles. The summed E-state index contributed by atoms with van der Waals surface area (Å²) in [6, 6.07) is 0. The highest BCUT2D eigenvalue weighted by Gasteiger charge is 1.92. The van der Waals surface area contributed by atoms with E-state index in [0.29, 0.717) is 5.82 Å². The molecule has 1 rings (SSSR count). The normalized spacial score (nSPS) is 9.12. The van der Waals surface area contributed by atoms with Crippen LogP contribution >= 0.6 is 0 Å². The molecule has 0 fully saturated rings. The highest BCUT2D eigenvalue weighted by Crippen LogP contribution is 1.86. The number of aryl methyl sites for hydroxylation is 1. The fourth-order valence-electron chi connectivity index (χ4n) is 0.464. The maximum absolute atomic E-state index is 9.88. The first-order valence-corrected chi connectivity index (χ1v) is 2.20. The Bertz CT molecular complexity index is 192. The molecule has 0 unspecified atom stereocenters. The van der Waals surface area contributed by atoms with E-state index in [1.165, 1.54) is 0 Å². The van der Waals surface area contributed by atoms with Gasteiger partial charge in [0.1, 0.15) is 0 Å². The molecule has 0 aliphatic carbocycles. The lowest BCUT2D eigenvalue weighted by Gasteiger charge is -1.85. The molecule has 8 heavy (non-hydrogen) atoms. The van der Waals surface area contributed by atoms with E-state index >= 15 is 0 Å². The van der Waals surface area contributed by atoms with Gasteiger partial charge in [-0.25, -0.2) is 4.98 Å². The van der Waals surface area contributed by atoms with Crippen LogP contribution in [0.1, 0.15) is 5.82 Å². The molecule has 0 saturated heterocycles. The zero-order chi connectivity index (χ0) is 5.98. The molecule has 1 aromatic rings. The van der Waals surface area contributed by atoms with Gasteiger partial charge in [-0.15, -0.1) is 0 Å². The van der Waals surface area contributed by atoms with Crippen LogP contribution in [-0.4, -0.2) is 15.8 Å². The van der Waals surface area contributed by atoms with Crippen LogP contribution in [0.5, 0.6) is 0 Å². The van der Waals surface area contributed by atoms with E-state index in [1.54, 1.807) is 30.3 Å². The zero-order valence-corrected chi connectivity index (χ0v) is 4.46. The Kier molecular flexibility index (Phi) is 1.12. The fourth-order valence-corrected chi connectivity index (χ4v) is 0.464. The molecule has 0 aromatic carbocycles. The highest BCUT2D eigenvalue weighted by molar-refractivity contribution is 5.69. The number of imidazole rings is 1. The zero-order valence-electron chi connectivity index (χ0n) is 4.46. The summed E-state index contributed by atoms with van der Waals surface area (Å²) in [6.07, 6.45) is 4.93. The highest BCUT2D eigenvalue weighted by atomic mass is 16.1. The molecule has 0 amide bonds. The van der Waals surface area contributed by atoms with Crippen LogP contribution in [0.25, 0.3) is 0 Å². The van der Waals surface area contributed by atoms with Crippen molar-refractivity contribution in [2.75, 3.05) is 0 Å². The van der Waals surface area contributed by atoms with Crippen LogP contribution < -0.4 is 0 Å². The Morgan fingerprint density at radius 2 is 2.62 bits per heavy atom. The molecule has 0 aliphatic rings. The average Bonchev–Trinajstić information content (AvgIpc) is 2.14. The van der Waals surface area contributed by atoms with Gasteiger partial charge >= 0.3 is 0 Å². The van der Waals surface area contributed by atoms with E-state index in [9.17, 15) is 4.79 Å². The predicted octanol–water partition coefficient (Wildman–Crippen LogP) is -0.122. The van der Waals surface area contributed by atoms with Gasteiger partial charge in [-0.1, -0.05) is 0 Å². The fraction of sp³-hybridized carbons (Fsp3) is 0.200. The lowest BCUT2D eigenvalue weighted by Crippen LogP contribution is -1.93. The molecular weight excluding hydrogens is 104 g/mol. The number of nitrogens with zero attached hydrogens (tertiary/aromatic N) is 2. The third kappa shape index (κ3) is 0.621. The van der Waals surface area contributed by atoms with E-state index in [2.05, 4.69) is 4.98 Å². The summed E-state index contributed by atoms with van der Waals surface area (Å²) in [5.41, 5.74) is 0. The summed E-state index contributed by atoms with van der Waals surface area (Å²) in [7, 11) is 1.74. The van der Waals surface area contributed by atoms with Gasteiger partial charge in [-0.3, -0.25) is 4.79 Å². The summed E-state index contributed by atoms with van der Waals surface area (Å²) in [6.45, 7) is 0. The van der Waals surface area contributed by atoms with E-state index < -0.39 is 0 Å². The van der Waals surface area contributed by atoms with Gasteiger partial charge in [-0.2, -0.15) is 0 Å². The van der Waals surface area contributed by atoms with Gasteiger partial charge in [-0.05, 0) is 0 Å². The third-order valence-corrected chi connectivity index (χ3v) is 0.912. The summed E-state index contributed by atoms with van der Waals surface area (Å²) < 4.78 is 1.60. The smallest absolute Gasteiger partial charge is 0.272 e. The average molecular weight is 109 g/mol. The van der Waals surface area contributed by atoms with Crippen molar-refractivity contribution < 1.29 is 4.79 Å². The van der Waals surface area contributed by atoms with Crippen molar-refractivity contribution in [1.29, 1.82) is 0 Å². The van der Waals surface area contributed by atoms with Crippen molar-refractivity contribution >= 4 is 6.29 Å². The van der Waals surface area contributed by atoms with E-state index in [-0.39, 0.29) is 0 Å². The molecule has 41 valence electrons. The van der Waals surface area contributed by atoms with Gasteiger partial charge in [0.25, 0.3) is 6.29 Å². The van der Waals surface area contributed by atoms with Gasteiger partial charge in [0.2, 0.25) is 0 Å². The van der Waals surface area contributed by atoms with Gasteiger partial charge in [0.05, 0.1) is 0 Å². The summed E-state index contributed by atoms with van der Waals surface area (Å²) in [5, 5.41) is 0. The number of aromatic nitrogens is 2. The molecule has 1 aromatic heterocycles. The maximum Gasteiger partial charge on any atom is 0.272 e. The summed E-state index contributed by atoms with van der Waals surface area (Å²) >= 11 is 0. The molecular formula is C5H5N2O. The van der Waals surface area contributed by atoms with Crippen LogP contribution in [0.4, 0.5) is 0 Å². The largest absolute Gasteiger partial charge is 0.331 e. The molecule has 1 radical (unpaired) electrons. The van der Waals surface area contributed by atoms with Crippen molar-refractivity contribution in [3.05, 3.63) is 18.2 Å². The van der Waals surface area contributed by atoms with Crippen molar-refractivity contribution in [2.24, 2.45) is 7.05 Å². The van der Waals surface area contributed by atoms with Crippen molar-refractivity contribution in [2.45, 2.75) is 0 Å². The first kappa shape index (κ1) is 5.03. The second-order valence-electron chi connectivity index (χ2n) is 1.46. The Labute approximate surface area is 47.0 Å². The first-order valence-electron chi connectivity index (χ1n) is 2.20.